The van der Waals surface area contributed by atoms with Crippen molar-refractivity contribution in [1.29, 1.82) is 0 Å². The first-order valence-corrected chi connectivity index (χ1v) is 12.5. The first kappa shape index (κ1) is 18.7. The summed E-state index contributed by atoms with van der Waals surface area (Å²) >= 11 is 0.603. The van der Waals surface area contributed by atoms with Gasteiger partial charge >= 0.3 is 175 Å². The molecule has 0 radical (unpaired) electrons. The Morgan fingerprint density at radius 2 is 1.26 bits per heavy atom. The third-order valence-electron chi connectivity index (χ3n) is 4.51. The molecule has 0 fully saturated rings. The van der Waals surface area contributed by atoms with E-state index in [1.165, 1.54) is 34.6 Å². The van der Waals surface area contributed by atoms with Crippen molar-refractivity contribution in [3.8, 4) is 0 Å². The Labute approximate surface area is 174 Å². The minimum atomic E-state index is 0.106. The summed E-state index contributed by atoms with van der Waals surface area (Å²) in [6.07, 6.45) is 0.106. The maximum atomic E-state index is 6.31. The van der Waals surface area contributed by atoms with E-state index in [0.29, 0.717) is 15.0 Å². The summed E-state index contributed by atoms with van der Waals surface area (Å²) in [5.74, 6) is 0. The molecule has 0 saturated carbocycles. The first-order valence-electron chi connectivity index (χ1n) is 9.08. The van der Waals surface area contributed by atoms with Gasteiger partial charge in [-0.15, -0.1) is 0 Å². The number of ether oxygens (including phenoxy) is 1. The molecule has 1 aliphatic heterocycles. The van der Waals surface area contributed by atoms with E-state index in [9.17, 15) is 0 Å². The van der Waals surface area contributed by atoms with Crippen molar-refractivity contribution < 1.29 is 4.74 Å². The molecule has 0 saturated heterocycles. The summed E-state index contributed by atoms with van der Waals surface area (Å²) in [6.45, 7) is 5.05. The van der Waals surface area contributed by atoms with Gasteiger partial charge in [0.15, 0.2) is 0 Å². The van der Waals surface area contributed by atoms with Crippen molar-refractivity contribution in [3.63, 3.8) is 0 Å². The minimum absolute atomic E-state index is 0.106. The van der Waals surface area contributed by atoms with Gasteiger partial charge in [-0.1, -0.05) is 0 Å². The predicted molar refractivity (Wildman–Crippen MR) is 115 cm³/mol. The molecule has 0 N–H and O–H groups in total. The molecular weight excluding hydrogens is 462 g/mol. The second kappa shape index (κ2) is 8.61. The Hall–Kier alpha value is -1.60. The Bertz CT molecular complexity index is 928. The van der Waals surface area contributed by atoms with Gasteiger partial charge < -0.3 is 0 Å². The van der Waals surface area contributed by atoms with Crippen molar-refractivity contribution in [3.05, 3.63) is 104 Å². The van der Waals surface area contributed by atoms with Crippen LogP contribution in [0.4, 0.5) is 0 Å². The van der Waals surface area contributed by atoms with Crippen LogP contribution < -0.4 is 8.92 Å². The van der Waals surface area contributed by atoms with Gasteiger partial charge in [0.25, 0.3) is 0 Å². The van der Waals surface area contributed by atoms with Gasteiger partial charge in [-0.3, -0.25) is 0 Å². The van der Waals surface area contributed by atoms with Crippen molar-refractivity contribution in [2.24, 2.45) is 0 Å². The molecule has 0 spiro atoms. The van der Waals surface area contributed by atoms with Crippen LogP contribution >= 0.6 is 0 Å². The van der Waals surface area contributed by atoms with Gasteiger partial charge in [0.05, 0.1) is 0 Å². The normalized spacial score (nSPS) is 16.7. The zero-order valence-corrected chi connectivity index (χ0v) is 18.9. The second-order valence-corrected chi connectivity index (χ2v) is 11.5. The molecule has 0 aromatic heterocycles. The van der Waals surface area contributed by atoms with Crippen molar-refractivity contribution >= 4 is 38.8 Å². The third kappa shape index (κ3) is 4.63. The van der Waals surface area contributed by atoms with Crippen LogP contribution in [0, 0.1) is 13.8 Å². The molecule has 1 atom stereocenters. The zero-order chi connectivity index (χ0) is 18.6. The number of rotatable bonds is 5. The number of benzene rings is 3. The second-order valence-electron chi connectivity index (χ2n) is 6.72. The van der Waals surface area contributed by atoms with Crippen LogP contribution in [-0.4, -0.2) is 36.5 Å². The summed E-state index contributed by atoms with van der Waals surface area (Å²) in [4.78, 5) is 0. The molecule has 136 valence electrons. The van der Waals surface area contributed by atoms with Crippen LogP contribution in [-0.2, 0) is 4.74 Å². The van der Waals surface area contributed by atoms with Gasteiger partial charge in [-0.25, -0.2) is 0 Å². The van der Waals surface area contributed by atoms with E-state index in [1.807, 2.05) is 0 Å². The quantitative estimate of drug-likeness (QED) is 0.503. The molecule has 1 nitrogen and oxygen atoms in total. The molecule has 27 heavy (non-hydrogen) atoms. The SMILES string of the molecule is Cc1ccc([Se]C2=C([Se]c3ccc(C)cc3)C(c3ccccc3)OC2)cc1. The molecule has 3 aromatic rings. The Morgan fingerprint density at radius 1 is 0.704 bits per heavy atom. The van der Waals surface area contributed by atoms with Crippen molar-refractivity contribution in [1.82, 2.24) is 0 Å². The van der Waals surface area contributed by atoms with Crippen molar-refractivity contribution in [2.45, 2.75) is 20.0 Å². The Morgan fingerprint density at radius 3 is 1.85 bits per heavy atom. The fourth-order valence-electron chi connectivity index (χ4n) is 3.00. The summed E-state index contributed by atoms with van der Waals surface area (Å²) in [5, 5.41) is 0. The van der Waals surface area contributed by atoms with E-state index in [-0.39, 0.29) is 21.1 Å². The van der Waals surface area contributed by atoms with Gasteiger partial charge in [-0.05, 0) is 0 Å². The molecular formula is C24H22OSe2. The predicted octanol–water partition coefficient (Wildman–Crippen LogP) is 3.65. The van der Waals surface area contributed by atoms with Crippen LogP contribution in [0.3, 0.4) is 0 Å². The molecule has 4 rings (SSSR count). The molecule has 1 unspecified atom stereocenters. The number of hydrogen-bond acceptors (Lipinski definition) is 1. The van der Waals surface area contributed by atoms with Gasteiger partial charge in [0.2, 0.25) is 0 Å². The van der Waals surface area contributed by atoms with Crippen LogP contribution in [0.2, 0.25) is 0 Å². The molecule has 3 heteroatoms. The standard InChI is InChI=1S/C24H22OSe2/c1-17-8-12-20(13-9-17)26-22-16-25-23(19-6-4-3-5-7-19)24(22)27-21-14-10-18(2)11-15-21/h3-15,23H,16H2,1-2H3. The Kier molecular flexibility index (Phi) is 5.98. The summed E-state index contributed by atoms with van der Waals surface area (Å²) in [6, 6.07) is 28.6. The van der Waals surface area contributed by atoms with Crippen LogP contribution in [0.1, 0.15) is 22.8 Å². The summed E-state index contributed by atoms with van der Waals surface area (Å²) < 4.78 is 12.2. The topological polar surface area (TPSA) is 9.23 Å². The Balaban J connectivity index is 1.67. The monoisotopic (exact) mass is 486 g/mol. The van der Waals surface area contributed by atoms with Crippen molar-refractivity contribution in [2.75, 3.05) is 6.61 Å². The third-order valence-corrected chi connectivity index (χ3v) is 9.95. The van der Waals surface area contributed by atoms with Crippen LogP contribution in [0.25, 0.3) is 0 Å². The average molecular weight is 484 g/mol. The van der Waals surface area contributed by atoms with E-state index < -0.39 is 0 Å². The molecule has 0 bridgehead atoms. The summed E-state index contributed by atoms with van der Waals surface area (Å²) in [5.41, 5.74) is 3.91. The average Bonchev–Trinajstić information content (AvgIpc) is 3.08. The molecule has 0 amide bonds. The van der Waals surface area contributed by atoms with Gasteiger partial charge in [0, 0.05) is 0 Å². The fourth-order valence-corrected chi connectivity index (χ4v) is 7.90. The van der Waals surface area contributed by atoms with E-state index in [2.05, 4.69) is 92.7 Å². The fraction of sp³-hybridized carbons (Fsp3) is 0.167. The van der Waals surface area contributed by atoms with Gasteiger partial charge in [0.1, 0.15) is 0 Å². The zero-order valence-electron chi connectivity index (χ0n) is 15.5. The number of hydrogen-bond donors (Lipinski definition) is 0. The van der Waals surface area contributed by atoms with Crippen LogP contribution in [0.5, 0.6) is 0 Å². The summed E-state index contributed by atoms with van der Waals surface area (Å²) in [7, 11) is 0. The molecule has 1 heterocycles. The van der Waals surface area contributed by atoms with Crippen LogP contribution in [0.15, 0.2) is 87.8 Å². The van der Waals surface area contributed by atoms with Gasteiger partial charge in [-0.2, -0.15) is 0 Å². The molecule has 0 aliphatic carbocycles. The molecule has 3 aromatic carbocycles. The number of aryl methyl sites for hydroxylation is 2. The van der Waals surface area contributed by atoms with E-state index >= 15 is 0 Å². The maximum absolute atomic E-state index is 6.31. The van der Waals surface area contributed by atoms with E-state index in [4.69, 9.17) is 4.74 Å². The van der Waals surface area contributed by atoms with E-state index in [1.54, 1.807) is 0 Å². The molecule has 1 aliphatic rings. The van der Waals surface area contributed by atoms with E-state index in [0.717, 1.165) is 6.61 Å². The first-order chi connectivity index (χ1) is 13.2.